The third-order valence-corrected chi connectivity index (χ3v) is 5.76. The third kappa shape index (κ3) is 3.61. The van der Waals surface area contributed by atoms with E-state index in [4.69, 9.17) is 9.57 Å². The van der Waals surface area contributed by atoms with E-state index in [1.807, 2.05) is 43.6 Å². The summed E-state index contributed by atoms with van der Waals surface area (Å²) in [4.78, 5) is 22.9. The number of aromatic nitrogens is 3. The van der Waals surface area contributed by atoms with Gasteiger partial charge in [-0.15, -0.1) is 11.3 Å². The van der Waals surface area contributed by atoms with Crippen LogP contribution in [-0.4, -0.2) is 39.1 Å². The van der Waals surface area contributed by atoms with Crippen LogP contribution in [-0.2, 0) is 16.7 Å². The molecule has 0 saturated heterocycles. The van der Waals surface area contributed by atoms with Crippen molar-refractivity contribution in [1.29, 1.82) is 0 Å². The molecule has 150 valence electrons. The van der Waals surface area contributed by atoms with Gasteiger partial charge in [-0.05, 0) is 43.7 Å². The lowest BCUT2D eigenvalue weighted by Crippen LogP contribution is -2.40. The molecule has 9 heteroatoms. The maximum Gasteiger partial charge on any atom is 0.273 e. The number of aryl methyl sites for hydroxylation is 1. The predicted molar refractivity (Wildman–Crippen MR) is 111 cm³/mol. The van der Waals surface area contributed by atoms with Crippen molar-refractivity contribution >= 4 is 28.1 Å². The maximum absolute atomic E-state index is 12.9. The molecule has 29 heavy (non-hydrogen) atoms. The normalized spacial score (nSPS) is 18.3. The Labute approximate surface area is 172 Å². The van der Waals surface area contributed by atoms with Crippen molar-refractivity contribution in [2.45, 2.75) is 25.9 Å². The standard InChI is InChI=1S/C20H21N5O3S/c1-12-15(10-21-25(12)3)17-11-29-19(22-17)23-18(26)20(2)9-16(24-28-20)13-5-7-14(27-4)8-6-13/h5-8,10-11H,9H2,1-4H3,(H,22,23,26). The first-order valence-corrected chi connectivity index (χ1v) is 9.93. The number of benzene rings is 1. The number of thiazole rings is 1. The molecule has 0 spiro atoms. The molecule has 1 aromatic carbocycles. The second-order valence-electron chi connectivity index (χ2n) is 7.02. The highest BCUT2D eigenvalue weighted by Gasteiger charge is 2.42. The van der Waals surface area contributed by atoms with Crippen molar-refractivity contribution in [3.8, 4) is 17.0 Å². The zero-order valence-corrected chi connectivity index (χ0v) is 17.4. The van der Waals surface area contributed by atoms with Crippen LogP contribution in [0.3, 0.4) is 0 Å². The van der Waals surface area contributed by atoms with E-state index in [0.29, 0.717) is 11.6 Å². The number of anilines is 1. The van der Waals surface area contributed by atoms with Gasteiger partial charge in [-0.1, -0.05) is 5.16 Å². The summed E-state index contributed by atoms with van der Waals surface area (Å²) >= 11 is 1.36. The van der Waals surface area contributed by atoms with E-state index in [9.17, 15) is 4.79 Å². The average molecular weight is 411 g/mol. The first-order valence-electron chi connectivity index (χ1n) is 9.05. The second kappa shape index (κ2) is 7.32. The minimum Gasteiger partial charge on any atom is -0.497 e. The molecule has 8 nitrogen and oxygen atoms in total. The van der Waals surface area contributed by atoms with Gasteiger partial charge in [-0.2, -0.15) is 5.10 Å². The molecule has 1 N–H and O–H groups in total. The summed E-state index contributed by atoms with van der Waals surface area (Å²) < 4.78 is 6.96. The minimum atomic E-state index is -1.09. The van der Waals surface area contributed by atoms with E-state index < -0.39 is 5.60 Å². The molecule has 1 amide bonds. The molecular weight excluding hydrogens is 390 g/mol. The molecule has 3 heterocycles. The number of oxime groups is 1. The van der Waals surface area contributed by atoms with Gasteiger partial charge in [0.25, 0.3) is 5.91 Å². The number of nitrogens with zero attached hydrogens (tertiary/aromatic N) is 4. The molecule has 2 aromatic heterocycles. The molecule has 0 radical (unpaired) electrons. The van der Waals surface area contributed by atoms with Gasteiger partial charge < -0.3 is 9.57 Å². The number of ether oxygens (including phenoxy) is 1. The molecule has 0 saturated carbocycles. The summed E-state index contributed by atoms with van der Waals surface area (Å²) in [5, 5.41) is 13.6. The van der Waals surface area contributed by atoms with E-state index in [-0.39, 0.29) is 5.91 Å². The van der Waals surface area contributed by atoms with Crippen LogP contribution in [0, 0.1) is 6.92 Å². The second-order valence-corrected chi connectivity index (χ2v) is 7.88. The molecular formula is C20H21N5O3S. The maximum atomic E-state index is 12.9. The number of hydrogen-bond acceptors (Lipinski definition) is 7. The first-order chi connectivity index (χ1) is 13.9. The van der Waals surface area contributed by atoms with Crippen molar-refractivity contribution < 1.29 is 14.4 Å². The van der Waals surface area contributed by atoms with Gasteiger partial charge in [0, 0.05) is 30.1 Å². The SMILES string of the molecule is COc1ccc(C2=NOC(C)(C(=O)Nc3nc(-c4cnn(C)c4C)cs3)C2)cc1. The first kappa shape index (κ1) is 19.1. The van der Waals surface area contributed by atoms with Crippen LogP contribution >= 0.6 is 11.3 Å². The smallest absolute Gasteiger partial charge is 0.273 e. The van der Waals surface area contributed by atoms with Crippen LogP contribution in [0.2, 0.25) is 0 Å². The zero-order chi connectivity index (χ0) is 20.6. The molecule has 1 aliphatic heterocycles. The zero-order valence-electron chi connectivity index (χ0n) is 16.6. The Morgan fingerprint density at radius 2 is 2.10 bits per heavy atom. The number of amides is 1. The number of carbonyl (C=O) groups is 1. The molecule has 1 atom stereocenters. The molecule has 0 fully saturated rings. The number of hydrogen-bond donors (Lipinski definition) is 1. The van der Waals surface area contributed by atoms with Crippen LogP contribution in [0.1, 0.15) is 24.6 Å². The Hall–Kier alpha value is -3.20. The lowest BCUT2D eigenvalue weighted by atomic mass is 9.95. The minimum absolute atomic E-state index is 0.284. The van der Waals surface area contributed by atoms with Crippen molar-refractivity contribution in [1.82, 2.24) is 14.8 Å². The summed E-state index contributed by atoms with van der Waals surface area (Å²) in [5.74, 6) is 0.478. The largest absolute Gasteiger partial charge is 0.497 e. The molecule has 4 rings (SSSR count). The van der Waals surface area contributed by atoms with Crippen molar-refractivity contribution in [2.75, 3.05) is 12.4 Å². The fourth-order valence-electron chi connectivity index (χ4n) is 3.03. The Morgan fingerprint density at radius 3 is 2.76 bits per heavy atom. The molecule has 1 aliphatic rings. The third-order valence-electron chi connectivity index (χ3n) is 5.00. The fraction of sp³-hybridized carbons (Fsp3) is 0.300. The Kier molecular flexibility index (Phi) is 4.83. The van der Waals surface area contributed by atoms with Crippen molar-refractivity contribution in [3.05, 3.63) is 47.1 Å². The lowest BCUT2D eigenvalue weighted by molar-refractivity contribution is -0.135. The van der Waals surface area contributed by atoms with Crippen LogP contribution in [0.15, 0.2) is 41.0 Å². The lowest BCUT2D eigenvalue weighted by Gasteiger charge is -2.19. The predicted octanol–water partition coefficient (Wildman–Crippen LogP) is 3.38. The highest BCUT2D eigenvalue weighted by molar-refractivity contribution is 7.14. The molecule has 1 unspecified atom stereocenters. The molecule has 0 bridgehead atoms. The van der Waals surface area contributed by atoms with Crippen molar-refractivity contribution in [3.63, 3.8) is 0 Å². The number of nitrogens with one attached hydrogen (secondary N) is 1. The number of rotatable bonds is 5. The van der Waals surface area contributed by atoms with Gasteiger partial charge in [-0.3, -0.25) is 14.8 Å². The summed E-state index contributed by atoms with van der Waals surface area (Å²) in [6.07, 6.45) is 2.14. The van der Waals surface area contributed by atoms with E-state index in [2.05, 4.69) is 20.6 Å². The van der Waals surface area contributed by atoms with Gasteiger partial charge in [-0.25, -0.2) is 4.98 Å². The van der Waals surface area contributed by atoms with Gasteiger partial charge in [0.1, 0.15) is 5.75 Å². The Bertz CT molecular complexity index is 1090. The summed E-state index contributed by atoms with van der Waals surface area (Å²) in [6, 6.07) is 7.50. The Balaban J connectivity index is 1.44. The monoisotopic (exact) mass is 411 g/mol. The summed E-state index contributed by atoms with van der Waals surface area (Å²) in [6.45, 7) is 3.70. The van der Waals surface area contributed by atoms with Gasteiger partial charge in [0.2, 0.25) is 5.60 Å². The van der Waals surface area contributed by atoms with E-state index in [0.717, 1.165) is 34.0 Å². The summed E-state index contributed by atoms with van der Waals surface area (Å²) in [7, 11) is 3.50. The van der Waals surface area contributed by atoms with E-state index in [1.165, 1.54) is 11.3 Å². The number of methoxy groups -OCH3 is 1. The van der Waals surface area contributed by atoms with E-state index in [1.54, 1.807) is 24.9 Å². The van der Waals surface area contributed by atoms with Gasteiger partial charge >= 0.3 is 0 Å². The number of carbonyl (C=O) groups excluding carboxylic acids is 1. The van der Waals surface area contributed by atoms with Crippen LogP contribution < -0.4 is 10.1 Å². The molecule has 0 aliphatic carbocycles. The summed E-state index contributed by atoms with van der Waals surface area (Å²) in [5.41, 5.74) is 3.26. The van der Waals surface area contributed by atoms with Crippen molar-refractivity contribution in [2.24, 2.45) is 12.2 Å². The van der Waals surface area contributed by atoms with Crippen LogP contribution in [0.4, 0.5) is 5.13 Å². The van der Waals surface area contributed by atoms with Crippen LogP contribution in [0.5, 0.6) is 5.75 Å². The van der Waals surface area contributed by atoms with Gasteiger partial charge in [0.15, 0.2) is 5.13 Å². The Morgan fingerprint density at radius 1 is 1.34 bits per heavy atom. The topological polar surface area (TPSA) is 90.6 Å². The van der Waals surface area contributed by atoms with Crippen LogP contribution in [0.25, 0.3) is 11.3 Å². The highest BCUT2D eigenvalue weighted by Crippen LogP contribution is 2.31. The quantitative estimate of drug-likeness (QED) is 0.695. The molecule has 3 aromatic rings. The average Bonchev–Trinajstić information content (AvgIpc) is 3.43. The van der Waals surface area contributed by atoms with Gasteiger partial charge in [0.05, 0.1) is 24.7 Å². The van der Waals surface area contributed by atoms with E-state index >= 15 is 0 Å². The fourth-order valence-corrected chi connectivity index (χ4v) is 3.74. The highest BCUT2D eigenvalue weighted by atomic mass is 32.1.